The second kappa shape index (κ2) is 12.3. The van der Waals surface area contributed by atoms with Crippen LogP contribution in [0.3, 0.4) is 0 Å². The number of nitrogens with one attached hydrogen (secondary N) is 2. The Kier molecular flexibility index (Phi) is 9.39. The van der Waals surface area contributed by atoms with Gasteiger partial charge in [-0.05, 0) is 29.2 Å². The van der Waals surface area contributed by atoms with E-state index in [1.165, 1.54) is 74.9 Å². The number of carbonyl (C=O) groups is 1. The molecular formula is C18H30N8OS2. The molecule has 2 aromatic rings. The van der Waals surface area contributed by atoms with Crippen molar-refractivity contribution in [1.29, 1.82) is 0 Å². The minimum atomic E-state index is -0.148. The van der Waals surface area contributed by atoms with Crippen molar-refractivity contribution in [2.75, 3.05) is 0 Å². The lowest BCUT2D eigenvalue weighted by Gasteiger charge is -2.32. The maximum absolute atomic E-state index is 13.0. The number of tetrazole rings is 2. The van der Waals surface area contributed by atoms with Gasteiger partial charge in [0.2, 0.25) is 10.3 Å². The fourth-order valence-corrected chi connectivity index (χ4v) is 6.07. The molecular weight excluding hydrogens is 408 g/mol. The molecule has 1 aliphatic rings. The normalized spacial score (nSPS) is 22.2. The van der Waals surface area contributed by atoms with Crippen LogP contribution in [0.5, 0.6) is 0 Å². The monoisotopic (exact) mass is 438 g/mol. The highest BCUT2D eigenvalue weighted by Crippen LogP contribution is 2.40. The van der Waals surface area contributed by atoms with Crippen molar-refractivity contribution in [3.05, 3.63) is 0 Å². The van der Waals surface area contributed by atoms with E-state index in [0.29, 0.717) is 16.2 Å². The molecule has 1 fully saturated rings. The molecule has 0 radical (unpaired) electrons. The first kappa shape index (κ1) is 22.2. The van der Waals surface area contributed by atoms with E-state index >= 15 is 0 Å². The van der Waals surface area contributed by atoms with Crippen molar-refractivity contribution in [3.8, 4) is 0 Å². The molecule has 9 nitrogen and oxygen atoms in total. The van der Waals surface area contributed by atoms with Crippen LogP contribution in [0.4, 0.5) is 0 Å². The molecule has 0 saturated heterocycles. The zero-order valence-corrected chi connectivity index (χ0v) is 18.6. The Morgan fingerprint density at radius 3 is 1.83 bits per heavy atom. The van der Waals surface area contributed by atoms with Crippen molar-refractivity contribution in [1.82, 2.24) is 41.2 Å². The Balaban J connectivity index is 1.48. The number of hydrogen-bond donors (Lipinski definition) is 2. The van der Waals surface area contributed by atoms with Crippen LogP contribution in [0, 0.1) is 5.92 Å². The number of rotatable bonds is 13. The predicted octanol–water partition coefficient (Wildman–Crippen LogP) is 3.84. The van der Waals surface area contributed by atoms with E-state index in [-0.39, 0.29) is 16.3 Å². The van der Waals surface area contributed by atoms with Gasteiger partial charge in [-0.2, -0.15) is 10.4 Å². The SMILES string of the molecule is CCCCCCCCCCC1CC(Sc2nn[nH]n2)C(=O)C(Sc2nn[nH]n2)C1. The third-order valence-corrected chi connectivity index (χ3v) is 7.53. The second-order valence-corrected chi connectivity index (χ2v) is 9.94. The molecule has 2 unspecified atom stereocenters. The maximum atomic E-state index is 13.0. The molecule has 1 aliphatic carbocycles. The number of ketones is 1. The number of nitrogens with zero attached hydrogens (tertiary/aromatic N) is 6. The van der Waals surface area contributed by atoms with E-state index in [0.717, 1.165) is 19.3 Å². The summed E-state index contributed by atoms with van der Waals surface area (Å²) in [6.07, 6.45) is 13.5. The Labute approximate surface area is 179 Å². The van der Waals surface area contributed by atoms with E-state index in [4.69, 9.17) is 0 Å². The molecule has 2 heterocycles. The van der Waals surface area contributed by atoms with Gasteiger partial charge in [0.25, 0.3) is 0 Å². The van der Waals surface area contributed by atoms with E-state index in [9.17, 15) is 4.79 Å². The van der Waals surface area contributed by atoms with Gasteiger partial charge in [0.1, 0.15) is 0 Å². The van der Waals surface area contributed by atoms with Crippen molar-refractivity contribution >= 4 is 29.3 Å². The van der Waals surface area contributed by atoms with Crippen LogP contribution in [-0.2, 0) is 4.79 Å². The Hall–Kier alpha value is -1.49. The van der Waals surface area contributed by atoms with Gasteiger partial charge in [-0.3, -0.25) is 4.79 Å². The van der Waals surface area contributed by atoms with E-state index in [1.807, 2.05) is 0 Å². The number of aromatic amines is 2. The van der Waals surface area contributed by atoms with Crippen LogP contribution < -0.4 is 0 Å². The summed E-state index contributed by atoms with van der Waals surface area (Å²) in [5.41, 5.74) is 0. The van der Waals surface area contributed by atoms with Gasteiger partial charge in [0.15, 0.2) is 5.78 Å². The molecule has 160 valence electrons. The molecule has 3 rings (SSSR count). The second-order valence-electron chi connectivity index (χ2n) is 7.61. The number of unbranched alkanes of at least 4 members (excludes halogenated alkanes) is 7. The minimum absolute atomic E-state index is 0.148. The molecule has 29 heavy (non-hydrogen) atoms. The van der Waals surface area contributed by atoms with Crippen molar-refractivity contribution in [2.45, 2.75) is 98.4 Å². The summed E-state index contributed by atoms with van der Waals surface area (Å²) in [7, 11) is 0. The Bertz CT molecular complexity index is 649. The third-order valence-electron chi connectivity index (χ3n) is 5.34. The van der Waals surface area contributed by atoms with Crippen LogP contribution in [0.15, 0.2) is 10.3 Å². The molecule has 2 N–H and O–H groups in total. The number of Topliss-reactive ketones (excluding diaryl/α,β-unsaturated/α-hetero) is 1. The smallest absolute Gasteiger partial charge is 0.231 e. The molecule has 0 bridgehead atoms. The molecule has 0 aromatic carbocycles. The Morgan fingerprint density at radius 2 is 1.34 bits per heavy atom. The summed E-state index contributed by atoms with van der Waals surface area (Å²) in [4.78, 5) is 13.0. The molecule has 0 amide bonds. The summed E-state index contributed by atoms with van der Waals surface area (Å²) in [5, 5.41) is 28.9. The van der Waals surface area contributed by atoms with Crippen LogP contribution >= 0.6 is 23.5 Å². The average Bonchev–Trinajstić information content (AvgIpc) is 3.41. The zero-order chi connectivity index (χ0) is 20.3. The zero-order valence-electron chi connectivity index (χ0n) is 16.9. The number of carbonyl (C=O) groups excluding carboxylic acids is 1. The first-order chi connectivity index (χ1) is 14.3. The number of aromatic nitrogens is 8. The topological polar surface area (TPSA) is 126 Å². The molecule has 11 heteroatoms. The lowest BCUT2D eigenvalue weighted by Crippen LogP contribution is -2.37. The molecule has 2 aromatic heterocycles. The number of hydrogen-bond acceptors (Lipinski definition) is 9. The number of thioether (sulfide) groups is 2. The summed E-state index contributed by atoms with van der Waals surface area (Å²) in [5.74, 6) is 0.725. The summed E-state index contributed by atoms with van der Waals surface area (Å²) in [6, 6.07) is 0. The molecule has 0 spiro atoms. The highest BCUT2D eigenvalue weighted by molar-refractivity contribution is 8.02. The van der Waals surface area contributed by atoms with Gasteiger partial charge in [0.05, 0.1) is 10.5 Å². The fraction of sp³-hybridized carbons (Fsp3) is 0.833. The van der Waals surface area contributed by atoms with Crippen LogP contribution in [-0.4, -0.2) is 57.5 Å². The van der Waals surface area contributed by atoms with Crippen LogP contribution in [0.2, 0.25) is 0 Å². The molecule has 2 atom stereocenters. The number of H-pyrrole nitrogens is 2. The standard InChI is InChI=1S/C18H30N8OS2/c1-2-3-4-5-6-7-8-9-10-13-11-14(28-17-19-23-24-20-17)16(27)15(12-13)29-18-21-25-26-22-18/h13-15H,2-12H2,1H3,(H,19,20,23,24)(H,21,22,25,26). The van der Waals surface area contributed by atoms with E-state index < -0.39 is 0 Å². The minimum Gasteiger partial charge on any atom is -0.297 e. The fourth-order valence-electron chi connectivity index (χ4n) is 3.82. The first-order valence-corrected chi connectivity index (χ1v) is 12.4. The highest BCUT2D eigenvalue weighted by Gasteiger charge is 2.38. The van der Waals surface area contributed by atoms with Crippen molar-refractivity contribution in [3.63, 3.8) is 0 Å². The first-order valence-electron chi connectivity index (χ1n) is 10.6. The summed E-state index contributed by atoms with van der Waals surface area (Å²) >= 11 is 2.82. The van der Waals surface area contributed by atoms with Crippen LogP contribution in [0.1, 0.15) is 77.6 Å². The predicted molar refractivity (Wildman–Crippen MR) is 113 cm³/mol. The van der Waals surface area contributed by atoms with Gasteiger partial charge in [-0.1, -0.05) is 88.2 Å². The van der Waals surface area contributed by atoms with Crippen LogP contribution in [0.25, 0.3) is 0 Å². The van der Waals surface area contributed by atoms with Gasteiger partial charge in [-0.25, -0.2) is 0 Å². The Morgan fingerprint density at radius 1 is 0.828 bits per heavy atom. The van der Waals surface area contributed by atoms with Crippen molar-refractivity contribution in [2.24, 2.45) is 5.92 Å². The quantitative estimate of drug-likeness (QED) is 0.448. The third kappa shape index (κ3) is 7.36. The van der Waals surface area contributed by atoms with Crippen molar-refractivity contribution < 1.29 is 4.79 Å². The van der Waals surface area contributed by atoms with Gasteiger partial charge >= 0.3 is 0 Å². The van der Waals surface area contributed by atoms with Gasteiger partial charge < -0.3 is 0 Å². The average molecular weight is 439 g/mol. The maximum Gasteiger partial charge on any atom is 0.231 e. The van der Waals surface area contributed by atoms with E-state index in [2.05, 4.69) is 48.2 Å². The lowest BCUT2D eigenvalue weighted by molar-refractivity contribution is -0.119. The summed E-state index contributed by atoms with van der Waals surface area (Å²) in [6.45, 7) is 2.25. The summed E-state index contributed by atoms with van der Waals surface area (Å²) < 4.78 is 0. The highest BCUT2D eigenvalue weighted by atomic mass is 32.2. The molecule has 0 aliphatic heterocycles. The van der Waals surface area contributed by atoms with E-state index in [1.54, 1.807) is 0 Å². The molecule has 1 saturated carbocycles. The van der Waals surface area contributed by atoms with Gasteiger partial charge in [0, 0.05) is 0 Å². The van der Waals surface area contributed by atoms with Gasteiger partial charge in [-0.15, -0.1) is 20.4 Å². The largest absolute Gasteiger partial charge is 0.297 e. The lowest BCUT2D eigenvalue weighted by atomic mass is 9.84.